The highest BCUT2D eigenvalue weighted by Crippen LogP contribution is 2.35. The number of halogens is 4. The zero-order valence-corrected chi connectivity index (χ0v) is 14.9. The van der Waals surface area contributed by atoms with Gasteiger partial charge in [0.2, 0.25) is 0 Å². The zero-order chi connectivity index (χ0) is 20.2. The fraction of sp³-hybridized carbons (Fsp3) is 0.235. The molecule has 0 saturated carbocycles. The van der Waals surface area contributed by atoms with Crippen molar-refractivity contribution in [1.82, 2.24) is 5.32 Å². The number of alkyl halides is 3. The lowest BCUT2D eigenvalue weighted by atomic mass is 10.1. The predicted octanol–water partition coefficient (Wildman–Crippen LogP) is 3.48. The Kier molecular flexibility index (Phi) is 6.09. The second kappa shape index (κ2) is 7.95. The van der Waals surface area contributed by atoms with Crippen LogP contribution in [0.15, 0.2) is 47.4 Å². The van der Waals surface area contributed by atoms with Crippen LogP contribution in [0.1, 0.15) is 22.8 Å². The number of rotatable bonds is 6. The molecule has 0 atom stereocenters. The highest BCUT2D eigenvalue weighted by atomic mass is 32.2. The summed E-state index contributed by atoms with van der Waals surface area (Å²) in [6.45, 7) is 2.11. The molecule has 0 aliphatic carbocycles. The van der Waals surface area contributed by atoms with Crippen LogP contribution in [0.25, 0.3) is 0 Å². The molecule has 0 radical (unpaired) electrons. The van der Waals surface area contributed by atoms with Crippen LogP contribution in [0.4, 0.5) is 23.2 Å². The van der Waals surface area contributed by atoms with E-state index in [1.807, 2.05) is 0 Å². The van der Waals surface area contributed by atoms with Crippen LogP contribution in [-0.2, 0) is 16.4 Å². The van der Waals surface area contributed by atoms with Gasteiger partial charge in [-0.1, -0.05) is 12.1 Å². The molecule has 0 unspecified atom stereocenters. The Labute approximate surface area is 153 Å². The van der Waals surface area contributed by atoms with Gasteiger partial charge in [-0.3, -0.25) is 4.79 Å². The zero-order valence-electron chi connectivity index (χ0n) is 14.1. The van der Waals surface area contributed by atoms with E-state index in [4.69, 9.17) is 0 Å². The Morgan fingerprint density at radius 2 is 1.81 bits per heavy atom. The van der Waals surface area contributed by atoms with E-state index in [-0.39, 0.29) is 12.5 Å². The number of benzene rings is 2. The van der Waals surface area contributed by atoms with Crippen molar-refractivity contribution < 1.29 is 30.8 Å². The summed E-state index contributed by atoms with van der Waals surface area (Å²) >= 11 is 0. The van der Waals surface area contributed by atoms with Gasteiger partial charge >= 0.3 is 5.51 Å². The molecule has 27 heavy (non-hydrogen) atoms. The molecular weight excluding hydrogens is 388 g/mol. The van der Waals surface area contributed by atoms with Crippen molar-refractivity contribution in [2.24, 2.45) is 0 Å². The van der Waals surface area contributed by atoms with Crippen molar-refractivity contribution in [2.75, 3.05) is 11.9 Å². The van der Waals surface area contributed by atoms with Gasteiger partial charge in [-0.05, 0) is 42.8 Å². The van der Waals surface area contributed by atoms with E-state index in [1.54, 1.807) is 25.1 Å². The molecule has 0 saturated heterocycles. The summed E-state index contributed by atoms with van der Waals surface area (Å²) in [5.74, 6) is -1.43. The highest BCUT2D eigenvalue weighted by Gasteiger charge is 2.48. The van der Waals surface area contributed by atoms with Crippen molar-refractivity contribution in [3.05, 3.63) is 59.4 Å². The number of sulfone groups is 1. The van der Waals surface area contributed by atoms with Crippen LogP contribution < -0.4 is 10.6 Å². The first kappa shape index (κ1) is 20.7. The van der Waals surface area contributed by atoms with E-state index in [9.17, 15) is 30.8 Å². The number of amides is 1. The largest absolute Gasteiger partial charge is 0.501 e. The average molecular weight is 404 g/mol. The molecule has 5 nitrogen and oxygen atoms in total. The van der Waals surface area contributed by atoms with Crippen LogP contribution in [0.3, 0.4) is 0 Å². The molecule has 2 N–H and O–H groups in total. The Morgan fingerprint density at radius 1 is 1.11 bits per heavy atom. The van der Waals surface area contributed by atoms with Gasteiger partial charge in [0.25, 0.3) is 15.7 Å². The van der Waals surface area contributed by atoms with Gasteiger partial charge in [-0.2, -0.15) is 13.2 Å². The maximum Gasteiger partial charge on any atom is 0.501 e. The predicted molar refractivity (Wildman–Crippen MR) is 91.4 cm³/mol. The number of carbonyl (C=O) groups is 1. The molecule has 10 heteroatoms. The lowest BCUT2D eigenvalue weighted by molar-refractivity contribution is -0.0435. The summed E-state index contributed by atoms with van der Waals surface area (Å²) in [5.41, 5.74) is -5.08. The molecule has 0 aliphatic heterocycles. The lowest BCUT2D eigenvalue weighted by Gasteiger charge is -2.15. The summed E-state index contributed by atoms with van der Waals surface area (Å²) in [6.07, 6.45) is 0. The third kappa shape index (κ3) is 4.76. The number of hydrogen-bond donors (Lipinski definition) is 2. The Balaban J connectivity index is 2.30. The number of anilines is 1. The topological polar surface area (TPSA) is 75.3 Å². The molecule has 2 rings (SSSR count). The summed E-state index contributed by atoms with van der Waals surface area (Å²) < 4.78 is 75.2. The number of hydrogen-bond acceptors (Lipinski definition) is 4. The van der Waals surface area contributed by atoms with Gasteiger partial charge in [-0.15, -0.1) is 0 Å². The second-order valence-corrected chi connectivity index (χ2v) is 7.41. The highest BCUT2D eigenvalue weighted by molar-refractivity contribution is 7.92. The Bertz CT molecular complexity index is 943. The van der Waals surface area contributed by atoms with Gasteiger partial charge in [0, 0.05) is 18.7 Å². The monoisotopic (exact) mass is 404 g/mol. The third-order valence-corrected chi connectivity index (χ3v) is 5.07. The normalized spacial score (nSPS) is 11.9. The maximum absolute atomic E-state index is 13.3. The van der Waals surface area contributed by atoms with E-state index in [2.05, 4.69) is 10.6 Å². The average Bonchev–Trinajstić information content (AvgIpc) is 2.60. The standard InChI is InChI=1S/C17H16F4N2O3S/c1-2-22-16(24)12-5-3-4-11(8-12)10-23-14-7-6-13(18)9-15(14)27(25,26)17(19,20)21/h3-9,23H,2,10H2,1H3,(H,22,24). The first-order chi connectivity index (χ1) is 12.6. The molecule has 0 aliphatic rings. The fourth-order valence-corrected chi connectivity index (χ4v) is 3.22. The quantitative estimate of drug-likeness (QED) is 0.723. The number of carbonyl (C=O) groups excluding carboxylic acids is 1. The first-order valence-corrected chi connectivity index (χ1v) is 9.26. The SMILES string of the molecule is CCNC(=O)c1cccc(CNc2ccc(F)cc2S(=O)(=O)C(F)(F)F)c1. The van der Waals surface area contributed by atoms with Gasteiger partial charge in [0.1, 0.15) is 10.7 Å². The van der Waals surface area contributed by atoms with E-state index < -0.39 is 31.7 Å². The molecule has 0 fully saturated rings. The smallest absolute Gasteiger partial charge is 0.380 e. The third-order valence-electron chi connectivity index (χ3n) is 3.55. The van der Waals surface area contributed by atoms with E-state index in [1.165, 1.54) is 6.07 Å². The summed E-state index contributed by atoms with van der Waals surface area (Å²) in [7, 11) is -5.73. The van der Waals surface area contributed by atoms with Crippen molar-refractivity contribution in [1.29, 1.82) is 0 Å². The fourth-order valence-electron chi connectivity index (χ4n) is 2.27. The maximum atomic E-state index is 13.3. The minimum Gasteiger partial charge on any atom is -0.380 e. The van der Waals surface area contributed by atoms with Crippen LogP contribution in [0.2, 0.25) is 0 Å². The molecule has 0 spiro atoms. The van der Waals surface area contributed by atoms with Crippen LogP contribution in [-0.4, -0.2) is 26.4 Å². The molecule has 0 heterocycles. The second-order valence-electron chi connectivity index (χ2n) is 5.50. The Morgan fingerprint density at radius 3 is 2.44 bits per heavy atom. The first-order valence-electron chi connectivity index (χ1n) is 7.78. The molecule has 1 amide bonds. The van der Waals surface area contributed by atoms with E-state index >= 15 is 0 Å². The summed E-state index contributed by atoms with van der Waals surface area (Å²) in [4.78, 5) is 10.6. The molecule has 0 aromatic heterocycles. The van der Waals surface area contributed by atoms with Gasteiger partial charge in [-0.25, -0.2) is 12.8 Å². The summed E-state index contributed by atoms with van der Waals surface area (Å²) in [5, 5.41) is 5.16. The molecule has 2 aromatic carbocycles. The van der Waals surface area contributed by atoms with Crippen LogP contribution in [0, 0.1) is 5.82 Å². The van der Waals surface area contributed by atoms with Gasteiger partial charge in [0.15, 0.2) is 0 Å². The van der Waals surface area contributed by atoms with Crippen molar-refractivity contribution >= 4 is 21.4 Å². The van der Waals surface area contributed by atoms with Crippen molar-refractivity contribution in [3.8, 4) is 0 Å². The van der Waals surface area contributed by atoms with Crippen molar-refractivity contribution in [2.45, 2.75) is 23.9 Å². The minimum atomic E-state index is -5.73. The van der Waals surface area contributed by atoms with E-state index in [0.717, 1.165) is 12.1 Å². The van der Waals surface area contributed by atoms with E-state index in [0.29, 0.717) is 23.7 Å². The lowest BCUT2D eigenvalue weighted by Crippen LogP contribution is -2.24. The molecule has 146 valence electrons. The number of nitrogens with one attached hydrogen (secondary N) is 2. The molecule has 0 bridgehead atoms. The Hall–Kier alpha value is -2.62. The van der Waals surface area contributed by atoms with Gasteiger partial charge < -0.3 is 10.6 Å². The van der Waals surface area contributed by atoms with Gasteiger partial charge in [0.05, 0.1) is 5.69 Å². The van der Waals surface area contributed by atoms with Crippen molar-refractivity contribution in [3.63, 3.8) is 0 Å². The van der Waals surface area contributed by atoms with Crippen LogP contribution in [0.5, 0.6) is 0 Å². The molecule has 2 aromatic rings. The summed E-state index contributed by atoms with van der Waals surface area (Å²) in [6, 6.07) is 8.35. The molecular formula is C17H16F4N2O3S. The van der Waals surface area contributed by atoms with Crippen LogP contribution >= 0.6 is 0 Å². The minimum absolute atomic E-state index is 0.0702.